The fourth-order valence-electron chi connectivity index (χ4n) is 2.97. The van der Waals surface area contributed by atoms with Gasteiger partial charge in [0.1, 0.15) is 29.4 Å². The smallest absolute Gasteiger partial charge is 0.270 e. The van der Waals surface area contributed by atoms with E-state index in [1.807, 2.05) is 36.0 Å². The lowest BCUT2D eigenvalue weighted by atomic mass is 10.0. The number of nitro benzene ring substituents is 1. The van der Waals surface area contributed by atoms with Crippen molar-refractivity contribution in [2.24, 2.45) is 7.05 Å². The molecule has 1 heterocycles. The van der Waals surface area contributed by atoms with Gasteiger partial charge in [-0.25, -0.2) is 4.98 Å². The molecule has 1 N–H and O–H groups in total. The van der Waals surface area contributed by atoms with E-state index < -0.39 is 11.0 Å². The second-order valence-corrected chi connectivity index (χ2v) is 6.22. The van der Waals surface area contributed by atoms with Crippen molar-refractivity contribution in [3.05, 3.63) is 75.9 Å². The molecule has 3 rings (SSSR count). The highest BCUT2D eigenvalue weighted by Crippen LogP contribution is 2.33. The van der Waals surface area contributed by atoms with Crippen molar-refractivity contribution in [1.82, 2.24) is 9.55 Å². The number of nitriles is 1. The number of non-ortho nitro benzene ring substituents is 1. The number of hydrogen-bond acceptors (Lipinski definition) is 7. The van der Waals surface area contributed by atoms with E-state index >= 15 is 0 Å². The van der Waals surface area contributed by atoms with Crippen LogP contribution in [0.4, 0.5) is 11.4 Å². The Labute approximate surface area is 167 Å². The normalized spacial score (nSPS) is 11.4. The molecule has 148 valence electrons. The van der Waals surface area contributed by atoms with E-state index in [4.69, 9.17) is 9.47 Å². The molecule has 0 bridgehead atoms. The van der Waals surface area contributed by atoms with E-state index in [-0.39, 0.29) is 11.3 Å². The van der Waals surface area contributed by atoms with E-state index in [0.29, 0.717) is 23.0 Å². The van der Waals surface area contributed by atoms with Crippen LogP contribution in [0.5, 0.6) is 11.5 Å². The van der Waals surface area contributed by atoms with Crippen molar-refractivity contribution in [2.45, 2.75) is 6.04 Å². The third kappa shape index (κ3) is 4.11. The Morgan fingerprint density at radius 2 is 1.90 bits per heavy atom. The molecular weight excluding hydrogens is 374 g/mol. The van der Waals surface area contributed by atoms with Crippen LogP contribution in [-0.4, -0.2) is 28.7 Å². The molecule has 1 atom stereocenters. The zero-order valence-corrected chi connectivity index (χ0v) is 16.1. The van der Waals surface area contributed by atoms with Gasteiger partial charge in [-0.1, -0.05) is 0 Å². The van der Waals surface area contributed by atoms with E-state index in [1.54, 1.807) is 26.5 Å². The number of rotatable bonds is 7. The molecule has 0 amide bonds. The van der Waals surface area contributed by atoms with E-state index in [2.05, 4.69) is 10.3 Å². The number of imidazole rings is 1. The number of methoxy groups -OCH3 is 2. The first-order chi connectivity index (χ1) is 14.0. The Bertz CT molecular complexity index is 1060. The van der Waals surface area contributed by atoms with Crippen LogP contribution in [0.2, 0.25) is 0 Å². The third-order valence-corrected chi connectivity index (χ3v) is 4.46. The Balaban J connectivity index is 2.11. The molecule has 2 aromatic carbocycles. The van der Waals surface area contributed by atoms with Crippen molar-refractivity contribution < 1.29 is 14.4 Å². The fraction of sp³-hybridized carbons (Fsp3) is 0.200. The lowest BCUT2D eigenvalue weighted by molar-refractivity contribution is -0.384. The van der Waals surface area contributed by atoms with Crippen molar-refractivity contribution >= 4 is 11.4 Å². The number of nitrogens with zero attached hydrogens (tertiary/aromatic N) is 4. The third-order valence-electron chi connectivity index (χ3n) is 4.46. The fourth-order valence-corrected chi connectivity index (χ4v) is 2.97. The highest BCUT2D eigenvalue weighted by atomic mass is 16.6. The minimum Gasteiger partial charge on any atom is -0.497 e. The molecule has 3 aromatic rings. The van der Waals surface area contributed by atoms with Crippen LogP contribution in [0.3, 0.4) is 0 Å². The lowest BCUT2D eigenvalue weighted by Crippen LogP contribution is -2.17. The number of benzene rings is 2. The maximum Gasteiger partial charge on any atom is 0.270 e. The molecule has 0 fully saturated rings. The maximum absolute atomic E-state index is 11.0. The molecule has 0 unspecified atom stereocenters. The maximum atomic E-state index is 11.0. The highest BCUT2D eigenvalue weighted by molar-refractivity contribution is 5.63. The van der Waals surface area contributed by atoms with E-state index in [0.717, 1.165) is 5.56 Å². The summed E-state index contributed by atoms with van der Waals surface area (Å²) in [7, 11) is 4.98. The molecule has 0 aliphatic carbocycles. The number of nitrogens with one attached hydrogen (secondary N) is 1. The molecule has 1 aromatic heterocycles. The summed E-state index contributed by atoms with van der Waals surface area (Å²) >= 11 is 0. The summed E-state index contributed by atoms with van der Waals surface area (Å²) in [4.78, 5) is 14.9. The molecule has 0 spiro atoms. The van der Waals surface area contributed by atoms with Crippen LogP contribution in [0, 0.1) is 21.4 Å². The van der Waals surface area contributed by atoms with Crippen LogP contribution >= 0.6 is 0 Å². The first kappa shape index (κ1) is 19.7. The Morgan fingerprint density at radius 3 is 2.41 bits per heavy atom. The molecule has 0 saturated heterocycles. The van der Waals surface area contributed by atoms with Crippen molar-refractivity contribution in [1.29, 1.82) is 5.26 Å². The average molecular weight is 393 g/mol. The summed E-state index contributed by atoms with van der Waals surface area (Å²) in [6.45, 7) is 0. The number of aromatic nitrogens is 2. The van der Waals surface area contributed by atoms with Crippen LogP contribution in [0.25, 0.3) is 0 Å². The van der Waals surface area contributed by atoms with Crippen molar-refractivity contribution in [3.63, 3.8) is 0 Å². The minimum atomic E-state index is -0.534. The van der Waals surface area contributed by atoms with Gasteiger partial charge in [-0.2, -0.15) is 5.26 Å². The van der Waals surface area contributed by atoms with Gasteiger partial charge in [-0.15, -0.1) is 0 Å². The Kier molecular flexibility index (Phi) is 5.64. The molecule has 0 aliphatic heterocycles. The predicted octanol–water partition coefficient (Wildman–Crippen LogP) is 3.42. The summed E-state index contributed by atoms with van der Waals surface area (Å²) in [6.07, 6.45) is 3.48. The Morgan fingerprint density at radius 1 is 1.21 bits per heavy atom. The number of hydrogen-bond donors (Lipinski definition) is 1. The first-order valence-corrected chi connectivity index (χ1v) is 8.62. The van der Waals surface area contributed by atoms with Gasteiger partial charge in [-0.05, 0) is 23.8 Å². The van der Waals surface area contributed by atoms with Gasteiger partial charge in [-0.3, -0.25) is 10.1 Å². The van der Waals surface area contributed by atoms with Crippen LogP contribution in [-0.2, 0) is 7.05 Å². The number of anilines is 1. The monoisotopic (exact) mass is 393 g/mol. The second-order valence-electron chi connectivity index (χ2n) is 6.22. The highest BCUT2D eigenvalue weighted by Gasteiger charge is 2.22. The molecular formula is C20H19N5O4. The first-order valence-electron chi connectivity index (χ1n) is 8.62. The molecule has 0 saturated carbocycles. The largest absolute Gasteiger partial charge is 0.497 e. The number of aryl methyl sites for hydroxylation is 1. The lowest BCUT2D eigenvalue weighted by Gasteiger charge is -2.22. The SMILES string of the molecule is COc1cc(OC)cc([C@H](Nc2ccc([N+](=O)[O-])cc2C#N)c2nccn2C)c1. The average Bonchev–Trinajstić information content (AvgIpc) is 3.16. The van der Waals surface area contributed by atoms with Gasteiger partial charge in [0.2, 0.25) is 0 Å². The van der Waals surface area contributed by atoms with Gasteiger partial charge < -0.3 is 19.4 Å². The zero-order chi connectivity index (χ0) is 21.0. The van der Waals surface area contributed by atoms with Crippen molar-refractivity contribution in [3.8, 4) is 17.6 Å². The van der Waals surface area contributed by atoms with Crippen LogP contribution < -0.4 is 14.8 Å². The molecule has 9 nitrogen and oxygen atoms in total. The quantitative estimate of drug-likeness (QED) is 0.483. The van der Waals surface area contributed by atoms with Crippen LogP contribution in [0.15, 0.2) is 48.8 Å². The van der Waals surface area contributed by atoms with Gasteiger partial charge in [0.25, 0.3) is 5.69 Å². The summed E-state index contributed by atoms with van der Waals surface area (Å²) in [5, 5.41) is 23.8. The minimum absolute atomic E-state index is 0.149. The zero-order valence-electron chi connectivity index (χ0n) is 16.1. The molecule has 29 heavy (non-hydrogen) atoms. The summed E-state index contributed by atoms with van der Waals surface area (Å²) in [5.41, 5.74) is 1.25. The van der Waals surface area contributed by atoms with Crippen LogP contribution in [0.1, 0.15) is 23.0 Å². The Hall–Kier alpha value is -4.06. The predicted molar refractivity (Wildman–Crippen MR) is 106 cm³/mol. The molecule has 0 radical (unpaired) electrons. The number of ether oxygens (including phenoxy) is 2. The van der Waals surface area contributed by atoms with Crippen molar-refractivity contribution in [2.75, 3.05) is 19.5 Å². The van der Waals surface area contributed by atoms with Gasteiger partial charge >= 0.3 is 0 Å². The molecule has 0 aliphatic rings. The topological polar surface area (TPSA) is 115 Å². The van der Waals surface area contributed by atoms with Gasteiger partial charge in [0.15, 0.2) is 0 Å². The van der Waals surface area contributed by atoms with E-state index in [1.165, 1.54) is 18.2 Å². The molecule has 9 heteroatoms. The second kappa shape index (κ2) is 8.31. The summed E-state index contributed by atoms with van der Waals surface area (Å²) < 4.78 is 12.6. The van der Waals surface area contributed by atoms with E-state index in [9.17, 15) is 15.4 Å². The summed E-state index contributed by atoms with van der Waals surface area (Å²) in [5.74, 6) is 1.89. The van der Waals surface area contributed by atoms with Gasteiger partial charge in [0.05, 0.1) is 30.4 Å². The van der Waals surface area contributed by atoms with Gasteiger partial charge in [0, 0.05) is 37.6 Å². The standard InChI is InChI=1S/C20H19N5O4/c1-24-7-6-22-20(24)19(13-9-16(28-2)11-17(10-13)29-3)23-18-5-4-15(25(26)27)8-14(18)12-21/h4-11,19,23H,1-3H3/t19-/m0/s1. The number of nitro groups is 1. The summed E-state index contributed by atoms with van der Waals surface area (Å²) in [6, 6.07) is 11.1.